The van der Waals surface area contributed by atoms with Crippen molar-refractivity contribution in [3.8, 4) is 0 Å². The van der Waals surface area contributed by atoms with Gasteiger partial charge in [0.25, 0.3) is 0 Å². The number of esters is 1. The Kier molecular flexibility index (Phi) is 16.4. The minimum Gasteiger partial charge on any atom is -0.481 e. The van der Waals surface area contributed by atoms with Crippen molar-refractivity contribution < 1.29 is 51.3 Å². The molecule has 0 rings (SSSR count). The number of allylic oxidation sites excluding steroid dienone is 1. The van der Waals surface area contributed by atoms with Gasteiger partial charge in [0.15, 0.2) is 0 Å². The minimum atomic E-state index is -3.85. The molecule has 0 amide bonds. The molecule has 0 bridgehead atoms. The Morgan fingerprint density at radius 1 is 1.36 bits per heavy atom. The average molecular weight is 330 g/mol. The summed E-state index contributed by atoms with van der Waals surface area (Å²) in [5, 5.41) is 7.81. The van der Waals surface area contributed by atoms with Crippen molar-refractivity contribution in [1.82, 2.24) is 0 Å². The van der Waals surface area contributed by atoms with Crippen LogP contribution in [0, 0.1) is 12.8 Å². The van der Waals surface area contributed by atoms with Crippen molar-refractivity contribution >= 4 is 22.1 Å². The van der Waals surface area contributed by atoms with E-state index in [1.807, 2.05) is 6.92 Å². The Bertz CT molecular complexity index is 443. The number of ether oxygens (including phenoxy) is 1. The summed E-state index contributed by atoms with van der Waals surface area (Å²) in [5.41, 5.74) is 0. The maximum absolute atomic E-state index is 10.9. The fraction of sp³-hybridized carbons (Fsp3) is 0.615. The van der Waals surface area contributed by atoms with E-state index < -0.39 is 33.2 Å². The summed E-state index contributed by atoms with van der Waals surface area (Å²) in [5.74, 6) is -2.00. The molecule has 0 fully saturated rings. The third-order valence-electron chi connectivity index (χ3n) is 2.22. The van der Waals surface area contributed by atoms with Crippen LogP contribution in [0.4, 0.5) is 0 Å². The predicted molar refractivity (Wildman–Crippen MR) is 78.2 cm³/mol. The molecule has 2 atom stereocenters. The Hall–Kier alpha value is -0.813. The van der Waals surface area contributed by atoms with Crippen LogP contribution in [-0.2, 0) is 24.4 Å². The van der Waals surface area contributed by atoms with Crippen LogP contribution in [0.5, 0.6) is 0 Å². The summed E-state index contributed by atoms with van der Waals surface area (Å²) in [4.78, 5) is 21.5. The van der Waals surface area contributed by atoms with E-state index in [4.69, 9.17) is 14.4 Å². The quantitative estimate of drug-likeness (QED) is 0.196. The summed E-state index contributed by atoms with van der Waals surface area (Å²) >= 11 is 0. The van der Waals surface area contributed by atoms with Gasteiger partial charge < -0.3 is 16.8 Å². The monoisotopic (exact) mass is 330 g/mol. The fourth-order valence-corrected chi connectivity index (χ4v) is 0.993. The van der Waals surface area contributed by atoms with Gasteiger partial charge in [-0.25, -0.2) is 13.2 Å². The third-order valence-corrected chi connectivity index (χ3v) is 3.24. The van der Waals surface area contributed by atoms with E-state index in [1.165, 1.54) is 13.0 Å². The number of aliphatic carboxylic acids is 1. The standard InChI is InChI=1S/C10H16O4.C3H7O3S.Li/c1-3-5-8(10(12)13)7-14-9(11)6-4-2;1-3(2)7(4,5)6;/h4,6,8H,3,5,7H2,1-2H3,(H,12,13);3H,1H2,2H3,(H,4,5,6);/q;-1;+1. The van der Waals surface area contributed by atoms with Gasteiger partial charge in [-0.1, -0.05) is 26.3 Å². The first-order chi connectivity index (χ1) is 9.56. The molecule has 9 heteroatoms. The molecule has 0 radical (unpaired) electrons. The van der Waals surface area contributed by atoms with E-state index in [-0.39, 0.29) is 25.5 Å². The van der Waals surface area contributed by atoms with Crippen molar-refractivity contribution in [2.75, 3.05) is 6.61 Å². The molecule has 0 saturated heterocycles. The molecular weight excluding hydrogens is 307 g/mol. The van der Waals surface area contributed by atoms with Crippen LogP contribution in [-0.4, -0.2) is 41.9 Å². The molecular formula is C13H23LiO7S. The van der Waals surface area contributed by atoms with Crippen LogP contribution < -0.4 is 18.9 Å². The summed E-state index contributed by atoms with van der Waals surface area (Å²) in [6.45, 7) is 7.91. The van der Waals surface area contributed by atoms with Crippen molar-refractivity contribution in [2.24, 2.45) is 5.92 Å². The van der Waals surface area contributed by atoms with Crippen molar-refractivity contribution in [3.63, 3.8) is 0 Å². The smallest absolute Gasteiger partial charge is 0.481 e. The summed E-state index contributed by atoms with van der Waals surface area (Å²) in [6.07, 6.45) is 4.11. The summed E-state index contributed by atoms with van der Waals surface area (Å²) in [6, 6.07) is 0. The van der Waals surface area contributed by atoms with Crippen molar-refractivity contribution in [3.05, 3.63) is 19.1 Å². The Labute approximate surface area is 144 Å². The van der Waals surface area contributed by atoms with E-state index in [0.717, 1.165) is 6.42 Å². The van der Waals surface area contributed by atoms with E-state index in [1.54, 1.807) is 13.0 Å². The average Bonchev–Trinajstić information content (AvgIpc) is 2.34. The Morgan fingerprint density at radius 3 is 2.09 bits per heavy atom. The molecule has 2 unspecified atom stereocenters. The molecule has 0 saturated carbocycles. The van der Waals surface area contributed by atoms with Gasteiger partial charge in [0.1, 0.15) is 6.61 Å². The number of hydrogen-bond acceptors (Lipinski definition) is 5. The van der Waals surface area contributed by atoms with Gasteiger partial charge in [-0.2, -0.15) is 0 Å². The molecule has 0 spiro atoms. The molecule has 0 aromatic rings. The molecule has 0 aliphatic heterocycles. The van der Waals surface area contributed by atoms with Crippen LogP contribution in [0.3, 0.4) is 0 Å². The number of carboxylic acids is 1. The van der Waals surface area contributed by atoms with Gasteiger partial charge in [-0.3, -0.25) is 9.35 Å². The van der Waals surface area contributed by atoms with Gasteiger partial charge in [0.2, 0.25) is 10.1 Å². The second-order valence-corrected chi connectivity index (χ2v) is 6.11. The number of rotatable bonds is 7. The van der Waals surface area contributed by atoms with E-state index in [9.17, 15) is 18.0 Å². The minimum absolute atomic E-state index is 0. The third kappa shape index (κ3) is 15.6. The Morgan fingerprint density at radius 2 is 1.82 bits per heavy atom. The van der Waals surface area contributed by atoms with E-state index in [2.05, 4.69) is 6.92 Å². The van der Waals surface area contributed by atoms with Crippen LogP contribution in [0.1, 0.15) is 33.6 Å². The zero-order valence-electron chi connectivity index (χ0n) is 13.5. The maximum atomic E-state index is 10.9. The maximum Gasteiger partial charge on any atom is 1.00 e. The number of carbonyl (C=O) groups is 2. The van der Waals surface area contributed by atoms with Gasteiger partial charge in [0, 0.05) is 6.08 Å². The molecule has 22 heavy (non-hydrogen) atoms. The van der Waals surface area contributed by atoms with Crippen molar-refractivity contribution in [2.45, 2.75) is 38.9 Å². The molecule has 7 nitrogen and oxygen atoms in total. The predicted octanol–water partition coefficient (Wildman–Crippen LogP) is -1.29. The number of carboxylic acid groups (broad SMARTS) is 1. The molecule has 2 N–H and O–H groups in total. The number of carbonyl (C=O) groups excluding carboxylic acids is 1. The van der Waals surface area contributed by atoms with Gasteiger partial charge >= 0.3 is 30.8 Å². The molecule has 0 aromatic heterocycles. The summed E-state index contributed by atoms with van der Waals surface area (Å²) in [7, 11) is -3.85. The molecule has 124 valence electrons. The SMILES string of the molecule is CC=CC(=O)OCC(CCC)C(=O)O.[CH2-]C(C)S(=O)(=O)O.[Li+]. The molecule has 0 aliphatic rings. The Balaban J connectivity index is -0.000000385. The van der Waals surface area contributed by atoms with Crippen molar-refractivity contribution in [1.29, 1.82) is 0 Å². The van der Waals surface area contributed by atoms with Gasteiger partial charge in [-0.05, 0) is 18.6 Å². The van der Waals surface area contributed by atoms with E-state index >= 15 is 0 Å². The first-order valence-corrected chi connectivity index (χ1v) is 7.88. The van der Waals surface area contributed by atoms with Gasteiger partial charge in [-0.15, -0.1) is 0 Å². The zero-order valence-corrected chi connectivity index (χ0v) is 14.3. The van der Waals surface area contributed by atoms with Crippen LogP contribution in [0.2, 0.25) is 0 Å². The zero-order chi connectivity index (χ0) is 17.1. The second-order valence-electron chi connectivity index (χ2n) is 4.28. The van der Waals surface area contributed by atoms with Crippen LogP contribution in [0.25, 0.3) is 0 Å². The largest absolute Gasteiger partial charge is 1.00 e. The fourth-order valence-electron chi connectivity index (χ4n) is 0.993. The van der Waals surface area contributed by atoms with Crippen LogP contribution in [0.15, 0.2) is 12.2 Å². The first kappa shape index (κ1) is 26.1. The van der Waals surface area contributed by atoms with E-state index in [0.29, 0.717) is 6.42 Å². The van der Waals surface area contributed by atoms with Gasteiger partial charge in [0.05, 0.1) is 5.92 Å². The van der Waals surface area contributed by atoms with Crippen LogP contribution >= 0.6 is 0 Å². The molecule has 0 heterocycles. The number of hydrogen-bond donors (Lipinski definition) is 2. The molecule has 0 aromatic carbocycles. The summed E-state index contributed by atoms with van der Waals surface area (Å²) < 4.78 is 32.4. The first-order valence-electron chi connectivity index (χ1n) is 6.37. The topological polar surface area (TPSA) is 118 Å². The normalized spacial score (nSPS) is 13.3. The second kappa shape index (κ2) is 13.8. The molecule has 0 aliphatic carbocycles.